The first-order chi connectivity index (χ1) is 11.7. The molecule has 2 rings (SSSR count). The minimum atomic E-state index is -5.09. The van der Waals surface area contributed by atoms with Crippen LogP contribution in [0.25, 0.3) is 0 Å². The van der Waals surface area contributed by atoms with Gasteiger partial charge < -0.3 is 19.6 Å². The van der Waals surface area contributed by atoms with E-state index in [2.05, 4.69) is 4.52 Å². The highest BCUT2D eigenvalue weighted by molar-refractivity contribution is 7.46. The standard InChI is InChI=1S/C11H15B3FN2O8P/c1-2-5-4-17(8(20)16-7(5)19)10(12)6(18)3-9(15,24-10)11(13,14)25-26(21,22)23/h1,4,6,18H,3,12-14H2,(H,16,19,20)(H2,21,22,23)/t6-,9+,10+/m1/s1. The molecule has 3 atom stereocenters. The van der Waals surface area contributed by atoms with Crippen molar-refractivity contribution in [3.63, 3.8) is 0 Å². The zero-order valence-electron chi connectivity index (χ0n) is 14.1. The molecule has 26 heavy (non-hydrogen) atoms. The van der Waals surface area contributed by atoms with Gasteiger partial charge in [0.25, 0.3) is 5.56 Å². The number of H-pyrrole nitrogens is 1. The van der Waals surface area contributed by atoms with E-state index in [0.717, 1.165) is 29.7 Å². The molecule has 1 saturated heterocycles. The molecule has 1 aromatic heterocycles. The van der Waals surface area contributed by atoms with Gasteiger partial charge in [-0.3, -0.25) is 18.9 Å². The summed E-state index contributed by atoms with van der Waals surface area (Å²) in [5, 5.41) is 8.15. The SMILES string of the molecule is BC(B)(OP(=O)(O)O)[C@]1(F)C[C@@H](O)[C@](B)(n2cc(C#C)c(=O)[nH]c2=O)O1. The molecule has 10 nitrogen and oxygen atoms in total. The van der Waals surface area contributed by atoms with Crippen molar-refractivity contribution in [3.8, 4) is 12.3 Å². The van der Waals surface area contributed by atoms with Crippen molar-refractivity contribution in [3.05, 3.63) is 32.6 Å². The van der Waals surface area contributed by atoms with Crippen LogP contribution < -0.4 is 11.2 Å². The first-order valence-corrected chi connectivity index (χ1v) is 8.85. The zero-order valence-corrected chi connectivity index (χ0v) is 15.0. The van der Waals surface area contributed by atoms with Gasteiger partial charge in [0.1, 0.15) is 26.9 Å². The van der Waals surface area contributed by atoms with Gasteiger partial charge in [-0.05, 0) is 0 Å². The third-order valence-electron chi connectivity index (χ3n) is 4.26. The van der Waals surface area contributed by atoms with Gasteiger partial charge in [0.05, 0.1) is 11.5 Å². The van der Waals surface area contributed by atoms with E-state index in [-0.39, 0.29) is 5.56 Å². The number of hydrogen-bond donors (Lipinski definition) is 4. The van der Waals surface area contributed by atoms with Gasteiger partial charge in [-0.1, -0.05) is 5.92 Å². The highest BCUT2D eigenvalue weighted by atomic mass is 31.2. The number of phosphoric acid groups is 1. The van der Waals surface area contributed by atoms with Crippen LogP contribution in [0.2, 0.25) is 0 Å². The van der Waals surface area contributed by atoms with Gasteiger partial charge >= 0.3 is 13.5 Å². The molecule has 0 spiro atoms. The highest BCUT2D eigenvalue weighted by Gasteiger charge is 2.63. The molecule has 0 aliphatic carbocycles. The molecule has 0 radical (unpaired) electrons. The summed E-state index contributed by atoms with van der Waals surface area (Å²) in [6.45, 7) is 0. The smallest absolute Gasteiger partial charge is 0.389 e. The third-order valence-corrected chi connectivity index (χ3v) is 4.96. The molecule has 2 heterocycles. The lowest BCUT2D eigenvalue weighted by molar-refractivity contribution is -0.219. The Morgan fingerprint density at radius 3 is 2.62 bits per heavy atom. The number of ether oxygens (including phenoxy) is 1. The van der Waals surface area contributed by atoms with E-state index in [9.17, 15) is 19.3 Å². The van der Waals surface area contributed by atoms with E-state index in [4.69, 9.17) is 20.9 Å². The molecule has 138 valence electrons. The van der Waals surface area contributed by atoms with Crippen molar-refractivity contribution >= 4 is 31.4 Å². The lowest BCUT2D eigenvalue weighted by atomic mass is 9.60. The number of alkyl halides is 1. The summed E-state index contributed by atoms with van der Waals surface area (Å²) in [4.78, 5) is 43.5. The van der Waals surface area contributed by atoms with E-state index >= 15 is 4.39 Å². The molecule has 1 fully saturated rings. The Bertz CT molecular complexity index is 939. The Labute approximate surface area is 149 Å². The van der Waals surface area contributed by atoms with Gasteiger partial charge in [-0.25, -0.2) is 13.8 Å². The maximum atomic E-state index is 15.4. The molecule has 0 amide bonds. The van der Waals surface area contributed by atoms with Gasteiger partial charge in [0.2, 0.25) is 5.85 Å². The van der Waals surface area contributed by atoms with E-state index in [1.165, 1.54) is 0 Å². The number of nitrogens with zero attached hydrogens (tertiary/aromatic N) is 1. The quantitative estimate of drug-likeness (QED) is 0.229. The van der Waals surface area contributed by atoms with E-state index < -0.39 is 48.5 Å². The number of aromatic amines is 1. The molecule has 15 heteroatoms. The Morgan fingerprint density at radius 1 is 1.54 bits per heavy atom. The van der Waals surface area contributed by atoms with E-state index in [0.29, 0.717) is 4.57 Å². The predicted molar refractivity (Wildman–Crippen MR) is 94.3 cm³/mol. The fourth-order valence-corrected chi connectivity index (χ4v) is 3.45. The molecule has 1 aromatic rings. The summed E-state index contributed by atoms with van der Waals surface area (Å²) in [6.07, 6.45) is 3.68. The first kappa shape index (κ1) is 20.7. The first-order valence-electron chi connectivity index (χ1n) is 7.32. The van der Waals surface area contributed by atoms with Crippen LogP contribution in [0, 0.1) is 12.3 Å². The summed E-state index contributed by atoms with van der Waals surface area (Å²) < 4.78 is 36.9. The largest absolute Gasteiger partial charge is 0.468 e. The number of terminal acetylenes is 1. The van der Waals surface area contributed by atoms with Gasteiger partial charge in [0.15, 0.2) is 7.85 Å². The molecule has 1 aliphatic rings. The van der Waals surface area contributed by atoms with Crippen LogP contribution in [-0.4, -0.2) is 65.3 Å². The number of hydrogen-bond acceptors (Lipinski definition) is 6. The maximum Gasteiger partial charge on any atom is 0.468 e. The normalized spacial score (nSPS) is 29.4. The molecule has 0 aromatic carbocycles. The Balaban J connectivity index is 2.54. The van der Waals surface area contributed by atoms with Crippen molar-refractivity contribution in [2.24, 2.45) is 0 Å². The average Bonchev–Trinajstić information content (AvgIpc) is 2.68. The second kappa shape index (κ2) is 6.23. The molecular weight excluding hydrogens is 371 g/mol. The second-order valence-electron chi connectivity index (χ2n) is 6.51. The fraction of sp³-hybridized carbons (Fsp3) is 0.455. The summed E-state index contributed by atoms with van der Waals surface area (Å²) in [7, 11) is -1.89. The second-order valence-corrected chi connectivity index (χ2v) is 7.68. The molecule has 0 unspecified atom stereocenters. The van der Waals surface area contributed by atoms with Crippen LogP contribution in [0.4, 0.5) is 4.39 Å². The number of phosphoric ester groups is 1. The van der Waals surface area contributed by atoms with Crippen LogP contribution in [0.3, 0.4) is 0 Å². The minimum absolute atomic E-state index is 0.260. The van der Waals surface area contributed by atoms with Crippen molar-refractivity contribution in [1.29, 1.82) is 0 Å². The van der Waals surface area contributed by atoms with Crippen LogP contribution >= 0.6 is 7.82 Å². The fourth-order valence-electron chi connectivity index (χ4n) is 2.72. The number of halogens is 1. The third kappa shape index (κ3) is 3.46. The Kier molecular flexibility index (Phi) is 4.96. The Morgan fingerprint density at radius 2 is 2.12 bits per heavy atom. The Hall–Kier alpha value is -1.61. The van der Waals surface area contributed by atoms with Crippen molar-refractivity contribution in [1.82, 2.24) is 9.55 Å². The number of nitrogens with one attached hydrogen (secondary N) is 1. The van der Waals surface area contributed by atoms with E-state index in [1.54, 1.807) is 0 Å². The van der Waals surface area contributed by atoms with Crippen LogP contribution in [0.15, 0.2) is 15.8 Å². The van der Waals surface area contributed by atoms with Crippen molar-refractivity contribution in [2.75, 3.05) is 0 Å². The molecule has 0 bridgehead atoms. The number of aromatic nitrogens is 2. The van der Waals surface area contributed by atoms with Crippen LogP contribution in [0.1, 0.15) is 12.0 Å². The number of aliphatic hydroxyl groups is 1. The summed E-state index contributed by atoms with van der Waals surface area (Å²) in [5.74, 6) is -0.842. The molecule has 4 N–H and O–H groups in total. The van der Waals surface area contributed by atoms with Crippen molar-refractivity contribution in [2.45, 2.75) is 29.4 Å². The lowest BCUT2D eigenvalue weighted by Gasteiger charge is -2.39. The van der Waals surface area contributed by atoms with Crippen LogP contribution in [0.5, 0.6) is 0 Å². The zero-order chi connectivity index (χ0) is 20.1. The number of rotatable bonds is 4. The minimum Gasteiger partial charge on any atom is -0.389 e. The van der Waals surface area contributed by atoms with Gasteiger partial charge in [-0.2, -0.15) is 0 Å². The van der Waals surface area contributed by atoms with Gasteiger partial charge in [0, 0.05) is 12.6 Å². The summed E-state index contributed by atoms with van der Waals surface area (Å²) in [5.41, 5.74) is -4.16. The summed E-state index contributed by atoms with van der Waals surface area (Å²) >= 11 is 0. The highest BCUT2D eigenvalue weighted by Crippen LogP contribution is 2.50. The van der Waals surface area contributed by atoms with Gasteiger partial charge in [-0.15, -0.1) is 6.42 Å². The molecular formula is C11H15B3FN2O8P. The lowest BCUT2D eigenvalue weighted by Crippen LogP contribution is -2.56. The molecule has 1 aliphatic heterocycles. The maximum absolute atomic E-state index is 15.4. The summed E-state index contributed by atoms with van der Waals surface area (Å²) in [6, 6.07) is 0. The topological polar surface area (TPSA) is 151 Å². The van der Waals surface area contributed by atoms with Crippen molar-refractivity contribution < 1.29 is 33.1 Å². The molecule has 0 saturated carbocycles. The number of aliphatic hydroxyl groups excluding tert-OH is 1. The van der Waals surface area contributed by atoms with Crippen LogP contribution in [-0.2, 0) is 19.4 Å². The average molecular weight is 386 g/mol. The predicted octanol–water partition coefficient (Wildman–Crippen LogP) is -4.76. The van der Waals surface area contributed by atoms with E-state index in [1.807, 2.05) is 10.9 Å². The monoisotopic (exact) mass is 386 g/mol.